The van der Waals surface area contributed by atoms with Crippen molar-refractivity contribution in [2.45, 2.75) is 6.54 Å². The van der Waals surface area contributed by atoms with E-state index in [4.69, 9.17) is 5.10 Å². The Balaban J connectivity index is 1.82. The summed E-state index contributed by atoms with van der Waals surface area (Å²) in [5.74, 6) is -0.320. The quantitative estimate of drug-likeness (QED) is 0.395. The maximum Gasteiger partial charge on any atom is 0.258 e. The number of nitrogens with two attached hydrogens (primary N) is 1. The van der Waals surface area contributed by atoms with Gasteiger partial charge in [0, 0.05) is 10.9 Å². The normalized spacial score (nSPS) is 11.5. The van der Waals surface area contributed by atoms with E-state index in [2.05, 4.69) is 24.4 Å². The molecule has 2 heterocycles. The second kappa shape index (κ2) is 8.61. The third kappa shape index (κ3) is 4.17. The summed E-state index contributed by atoms with van der Waals surface area (Å²) in [6.45, 7) is 2.53. The van der Waals surface area contributed by atoms with Crippen LogP contribution in [0.1, 0.15) is 5.56 Å². The highest BCUT2D eigenvalue weighted by Gasteiger charge is 2.17. The van der Waals surface area contributed by atoms with E-state index in [1.54, 1.807) is 10.7 Å². The van der Waals surface area contributed by atoms with Gasteiger partial charge < -0.3 is 15.2 Å². The van der Waals surface area contributed by atoms with E-state index in [1.807, 2.05) is 42.5 Å². The van der Waals surface area contributed by atoms with Crippen LogP contribution >= 0.6 is 0 Å². The number of nitrogens with one attached hydrogen (secondary N) is 2. The highest BCUT2D eigenvalue weighted by atomic mass is 19.1. The van der Waals surface area contributed by atoms with Crippen LogP contribution in [0.4, 0.5) is 4.39 Å². The summed E-state index contributed by atoms with van der Waals surface area (Å²) >= 11 is 0. The molecule has 2 aromatic carbocycles. The minimum atomic E-state index is -0.320. The van der Waals surface area contributed by atoms with E-state index in [0.717, 1.165) is 24.2 Å². The zero-order valence-electron chi connectivity index (χ0n) is 17.2. The third-order valence-corrected chi connectivity index (χ3v) is 5.08. The van der Waals surface area contributed by atoms with Gasteiger partial charge in [0.1, 0.15) is 36.8 Å². The Labute approximate surface area is 174 Å². The lowest BCUT2D eigenvalue weighted by molar-refractivity contribution is -0.875. The molecule has 4 aromatic rings. The number of aromatic nitrogens is 3. The van der Waals surface area contributed by atoms with Gasteiger partial charge in [-0.15, -0.1) is 0 Å². The molecule has 0 saturated heterocycles. The van der Waals surface area contributed by atoms with Crippen LogP contribution in [0.25, 0.3) is 28.0 Å². The summed E-state index contributed by atoms with van der Waals surface area (Å²) in [5, 5.41) is 7.67. The van der Waals surface area contributed by atoms with E-state index in [1.165, 1.54) is 17.0 Å². The summed E-state index contributed by atoms with van der Waals surface area (Å²) in [5.41, 5.74) is 3.30. The van der Waals surface area contributed by atoms with Crippen molar-refractivity contribution in [3.63, 3.8) is 0 Å². The number of aromatic amines is 1. The predicted octanol–water partition coefficient (Wildman–Crippen LogP) is 0.728. The van der Waals surface area contributed by atoms with Gasteiger partial charge in [0.15, 0.2) is 0 Å². The van der Waals surface area contributed by atoms with Crippen LogP contribution in [0.5, 0.6) is 0 Å². The van der Waals surface area contributed by atoms with Gasteiger partial charge in [-0.25, -0.2) is 9.07 Å². The lowest BCUT2D eigenvalue weighted by Crippen LogP contribution is -3.09. The Bertz CT molecular complexity index is 1210. The number of rotatable bonds is 7. The van der Waals surface area contributed by atoms with Gasteiger partial charge in [-0.05, 0) is 30.3 Å². The number of likely N-dealkylation sites (N-methyl/N-ethyl adjacent to an activating group) is 1. The summed E-state index contributed by atoms with van der Waals surface area (Å²) in [4.78, 5) is 17.1. The number of halogens is 1. The van der Waals surface area contributed by atoms with Crippen LogP contribution in [0, 0.1) is 5.82 Å². The monoisotopic (exact) mass is 407 g/mol. The highest BCUT2D eigenvalue weighted by Crippen LogP contribution is 2.29. The van der Waals surface area contributed by atoms with E-state index >= 15 is 0 Å². The summed E-state index contributed by atoms with van der Waals surface area (Å²) < 4.78 is 15.6. The number of nitrogens with zero attached hydrogens (tertiary/aromatic N) is 2. The van der Waals surface area contributed by atoms with Crippen molar-refractivity contribution < 1.29 is 14.6 Å². The molecule has 6 nitrogen and oxygen atoms in total. The van der Waals surface area contributed by atoms with E-state index in [0.29, 0.717) is 29.0 Å². The minimum Gasteiger partial charge on any atom is -0.338 e. The van der Waals surface area contributed by atoms with Crippen molar-refractivity contribution in [2.75, 3.05) is 27.2 Å². The molecule has 0 spiro atoms. The molecule has 0 bridgehead atoms. The molecule has 0 aliphatic heterocycles. The average molecular weight is 407 g/mol. The number of benzene rings is 2. The molecule has 0 radical (unpaired) electrons. The fourth-order valence-corrected chi connectivity index (χ4v) is 3.52. The summed E-state index contributed by atoms with van der Waals surface area (Å²) in [6, 6.07) is 17.9. The fraction of sp³-hybridized carbons (Fsp3) is 0.217. The summed E-state index contributed by atoms with van der Waals surface area (Å²) in [6.07, 6.45) is 0. The van der Waals surface area contributed by atoms with Gasteiger partial charge in [0.2, 0.25) is 0 Å². The molecular formula is C23H26FN5O+2. The Kier molecular flexibility index (Phi) is 5.74. The van der Waals surface area contributed by atoms with Crippen LogP contribution in [-0.4, -0.2) is 41.9 Å². The van der Waals surface area contributed by atoms with E-state index in [-0.39, 0.29) is 11.4 Å². The number of H-pyrrole nitrogens is 1. The molecule has 2 aromatic heterocycles. The lowest BCUT2D eigenvalue weighted by atomic mass is 10.1. The Morgan fingerprint density at radius 3 is 2.63 bits per heavy atom. The van der Waals surface area contributed by atoms with Crippen molar-refractivity contribution in [2.24, 2.45) is 0 Å². The van der Waals surface area contributed by atoms with Gasteiger partial charge in [-0.2, -0.15) is 5.10 Å². The number of quaternary nitrogens is 2. The smallest absolute Gasteiger partial charge is 0.258 e. The summed E-state index contributed by atoms with van der Waals surface area (Å²) in [7, 11) is 4.21. The first-order valence-corrected chi connectivity index (χ1v) is 10.1. The van der Waals surface area contributed by atoms with Gasteiger partial charge in [-0.1, -0.05) is 30.3 Å². The van der Waals surface area contributed by atoms with Crippen molar-refractivity contribution in [1.82, 2.24) is 14.8 Å². The number of fused-ring (bicyclic) bond motifs is 1. The van der Waals surface area contributed by atoms with Crippen LogP contribution in [0.3, 0.4) is 0 Å². The third-order valence-electron chi connectivity index (χ3n) is 5.08. The maximum atomic E-state index is 13.9. The zero-order valence-corrected chi connectivity index (χ0v) is 17.2. The van der Waals surface area contributed by atoms with Crippen LogP contribution in [-0.2, 0) is 6.54 Å². The van der Waals surface area contributed by atoms with Crippen LogP contribution < -0.4 is 15.8 Å². The lowest BCUT2D eigenvalue weighted by Gasteiger charge is -2.06. The molecule has 0 saturated carbocycles. The van der Waals surface area contributed by atoms with E-state index in [9.17, 15) is 9.18 Å². The number of para-hydroxylation sites is 1. The molecule has 4 N–H and O–H groups in total. The molecule has 30 heavy (non-hydrogen) atoms. The molecule has 7 heteroatoms. The van der Waals surface area contributed by atoms with Gasteiger partial charge >= 0.3 is 0 Å². The van der Waals surface area contributed by atoms with Gasteiger partial charge in [-0.3, -0.25) is 4.79 Å². The number of hydrogen-bond donors (Lipinski definition) is 3. The molecule has 0 aliphatic carbocycles. The first-order chi connectivity index (χ1) is 14.5. The largest absolute Gasteiger partial charge is 0.338 e. The number of pyridine rings is 1. The molecule has 154 valence electrons. The Morgan fingerprint density at radius 2 is 1.90 bits per heavy atom. The second-order valence-corrected chi connectivity index (χ2v) is 7.73. The van der Waals surface area contributed by atoms with Crippen molar-refractivity contribution in [1.29, 1.82) is 0 Å². The minimum absolute atomic E-state index is 0.126. The van der Waals surface area contributed by atoms with Crippen molar-refractivity contribution in [3.05, 3.63) is 82.4 Å². The fourth-order valence-electron chi connectivity index (χ4n) is 3.52. The SMILES string of the molecule is C[NH+](C)CC[NH2+]Cc1cc2c(-c3cccc(F)c3)nn(-c3ccccc3)c2[nH]c1=O. The maximum absolute atomic E-state index is 13.9. The molecule has 0 amide bonds. The van der Waals surface area contributed by atoms with Gasteiger partial charge in [0.05, 0.1) is 25.3 Å². The van der Waals surface area contributed by atoms with Crippen molar-refractivity contribution >= 4 is 11.0 Å². The predicted molar refractivity (Wildman–Crippen MR) is 115 cm³/mol. The zero-order chi connectivity index (χ0) is 21.1. The average Bonchev–Trinajstić information content (AvgIpc) is 3.10. The number of hydrogen-bond acceptors (Lipinski definition) is 2. The molecule has 0 aliphatic rings. The van der Waals surface area contributed by atoms with E-state index < -0.39 is 0 Å². The molecule has 0 atom stereocenters. The second-order valence-electron chi connectivity index (χ2n) is 7.73. The first-order valence-electron chi connectivity index (χ1n) is 10.1. The molecule has 0 fully saturated rings. The topological polar surface area (TPSA) is 71.7 Å². The first kappa shape index (κ1) is 20.0. The van der Waals surface area contributed by atoms with Crippen molar-refractivity contribution in [3.8, 4) is 16.9 Å². The molecular weight excluding hydrogens is 381 g/mol. The molecule has 4 rings (SSSR count). The molecule has 0 unspecified atom stereocenters. The Morgan fingerprint density at radius 1 is 1.10 bits per heavy atom. The standard InChI is InChI=1S/C23H24FN5O/c1-28(2)12-11-25-15-17-14-20-21(16-7-6-8-18(24)13-16)27-29(22(20)26-23(17)30)19-9-4-3-5-10-19/h3-10,13-14,25H,11-12,15H2,1-2H3,(H,26,30)/p+2. The Hall–Kier alpha value is -3.29. The van der Waals surface area contributed by atoms with Gasteiger partial charge in [0.25, 0.3) is 5.56 Å². The van der Waals surface area contributed by atoms with Crippen LogP contribution in [0.15, 0.2) is 65.5 Å². The van der Waals surface area contributed by atoms with Crippen LogP contribution in [0.2, 0.25) is 0 Å². The highest BCUT2D eigenvalue weighted by molar-refractivity contribution is 5.92.